The molecule has 0 atom stereocenters. The van der Waals surface area contributed by atoms with Crippen LogP contribution in [-0.4, -0.2) is 20.7 Å². The molecule has 5 nitrogen and oxygen atoms in total. The number of aryl methyl sites for hydroxylation is 1. The van der Waals surface area contributed by atoms with Gasteiger partial charge in [0.1, 0.15) is 0 Å². The maximum Gasteiger partial charge on any atom is 0.224 e. The Bertz CT molecular complexity index is 1020. The highest BCUT2D eigenvalue weighted by molar-refractivity contribution is 5.92. The molecule has 2 aromatic carbocycles. The van der Waals surface area contributed by atoms with Gasteiger partial charge in [0.2, 0.25) is 5.91 Å². The highest BCUT2D eigenvalue weighted by Crippen LogP contribution is 2.20. The third-order valence-corrected chi connectivity index (χ3v) is 4.48. The van der Waals surface area contributed by atoms with Gasteiger partial charge in [0.25, 0.3) is 0 Å². The molecule has 2 heterocycles. The van der Waals surface area contributed by atoms with E-state index in [2.05, 4.69) is 21.5 Å². The molecule has 0 bridgehead atoms. The van der Waals surface area contributed by atoms with E-state index in [1.54, 1.807) is 6.20 Å². The number of fused-ring (bicyclic) bond motifs is 1. The lowest BCUT2D eigenvalue weighted by atomic mass is 10.1. The van der Waals surface area contributed by atoms with Gasteiger partial charge < -0.3 is 10.3 Å². The summed E-state index contributed by atoms with van der Waals surface area (Å²) >= 11 is 0. The molecule has 0 spiro atoms. The first-order valence-corrected chi connectivity index (χ1v) is 8.70. The number of aromatic amines is 1. The van der Waals surface area contributed by atoms with Gasteiger partial charge in [-0.25, -0.2) is 0 Å². The van der Waals surface area contributed by atoms with Crippen LogP contribution in [0.3, 0.4) is 0 Å². The third kappa shape index (κ3) is 3.52. The number of H-pyrrole nitrogens is 1. The van der Waals surface area contributed by atoms with Crippen LogP contribution in [0.25, 0.3) is 10.9 Å². The monoisotopic (exact) mass is 344 g/mol. The number of aromatic nitrogens is 3. The van der Waals surface area contributed by atoms with Crippen LogP contribution in [0.1, 0.15) is 17.5 Å². The van der Waals surface area contributed by atoms with Crippen LogP contribution in [-0.2, 0) is 17.8 Å². The van der Waals surface area contributed by atoms with Crippen molar-refractivity contribution in [2.45, 2.75) is 19.4 Å². The fraction of sp³-hybridized carbons (Fsp3) is 0.143. The average Bonchev–Trinajstić information content (AvgIpc) is 3.31. The number of rotatable bonds is 6. The van der Waals surface area contributed by atoms with Gasteiger partial charge in [0, 0.05) is 41.6 Å². The van der Waals surface area contributed by atoms with Crippen LogP contribution < -0.4 is 5.32 Å². The summed E-state index contributed by atoms with van der Waals surface area (Å²) in [5, 5.41) is 8.45. The SMILES string of the molecule is O=C(CCc1c[nH]c2ccccc12)Nc1ccccc1Cn1cccn1. The van der Waals surface area contributed by atoms with Crippen LogP contribution >= 0.6 is 0 Å². The van der Waals surface area contributed by atoms with Gasteiger partial charge in [0.05, 0.1) is 6.54 Å². The van der Waals surface area contributed by atoms with Gasteiger partial charge in [0.15, 0.2) is 0 Å². The molecular weight excluding hydrogens is 324 g/mol. The van der Waals surface area contributed by atoms with Crippen LogP contribution in [0.2, 0.25) is 0 Å². The highest BCUT2D eigenvalue weighted by Gasteiger charge is 2.09. The number of hydrogen-bond acceptors (Lipinski definition) is 2. The van der Waals surface area contributed by atoms with Gasteiger partial charge in [-0.05, 0) is 35.7 Å². The minimum absolute atomic E-state index is 0.0168. The molecule has 0 aliphatic carbocycles. The van der Waals surface area contributed by atoms with Crippen LogP contribution in [0.15, 0.2) is 73.2 Å². The summed E-state index contributed by atoms with van der Waals surface area (Å²) in [5.41, 5.74) is 4.15. The van der Waals surface area contributed by atoms with E-state index in [0.29, 0.717) is 19.4 Å². The summed E-state index contributed by atoms with van der Waals surface area (Å²) in [6.45, 7) is 0.631. The zero-order valence-electron chi connectivity index (χ0n) is 14.4. The normalized spacial score (nSPS) is 10.9. The third-order valence-electron chi connectivity index (χ3n) is 4.48. The van der Waals surface area contributed by atoms with Gasteiger partial charge >= 0.3 is 0 Å². The van der Waals surface area contributed by atoms with Gasteiger partial charge in [-0.2, -0.15) is 5.10 Å². The fourth-order valence-corrected chi connectivity index (χ4v) is 3.15. The topological polar surface area (TPSA) is 62.7 Å². The second kappa shape index (κ2) is 7.27. The van der Waals surface area contributed by atoms with E-state index in [0.717, 1.165) is 16.8 Å². The molecule has 4 aromatic rings. The van der Waals surface area contributed by atoms with Crippen molar-refractivity contribution in [3.05, 3.63) is 84.3 Å². The lowest BCUT2D eigenvalue weighted by molar-refractivity contribution is -0.116. The molecule has 1 amide bonds. The number of benzene rings is 2. The van der Waals surface area contributed by atoms with Crippen molar-refractivity contribution < 1.29 is 4.79 Å². The number of para-hydroxylation sites is 2. The Hall–Kier alpha value is -3.34. The molecule has 0 saturated carbocycles. The van der Waals surface area contributed by atoms with E-state index in [4.69, 9.17) is 0 Å². The zero-order valence-corrected chi connectivity index (χ0v) is 14.4. The summed E-state index contributed by atoms with van der Waals surface area (Å²) in [6.07, 6.45) is 6.80. The predicted molar refractivity (Wildman–Crippen MR) is 103 cm³/mol. The Morgan fingerprint density at radius 1 is 1.04 bits per heavy atom. The summed E-state index contributed by atoms with van der Waals surface area (Å²) in [6, 6.07) is 17.9. The van der Waals surface area contributed by atoms with Gasteiger partial charge in [-0.15, -0.1) is 0 Å². The van der Waals surface area contributed by atoms with Crippen molar-refractivity contribution in [1.29, 1.82) is 0 Å². The Morgan fingerprint density at radius 2 is 1.88 bits per heavy atom. The van der Waals surface area contributed by atoms with Crippen molar-refractivity contribution in [2.24, 2.45) is 0 Å². The van der Waals surface area contributed by atoms with E-state index >= 15 is 0 Å². The average molecular weight is 344 g/mol. The molecule has 0 aliphatic heterocycles. The van der Waals surface area contributed by atoms with Crippen molar-refractivity contribution in [3.63, 3.8) is 0 Å². The molecule has 2 N–H and O–H groups in total. The first-order valence-electron chi connectivity index (χ1n) is 8.70. The van der Waals surface area contributed by atoms with E-state index in [9.17, 15) is 4.79 Å². The summed E-state index contributed by atoms with van der Waals surface area (Å²) < 4.78 is 1.84. The maximum atomic E-state index is 12.5. The predicted octanol–water partition coefficient (Wildman–Crippen LogP) is 3.98. The summed E-state index contributed by atoms with van der Waals surface area (Å²) in [4.78, 5) is 15.7. The Morgan fingerprint density at radius 3 is 2.77 bits per heavy atom. The minimum atomic E-state index is 0.0168. The number of nitrogens with one attached hydrogen (secondary N) is 2. The number of carbonyl (C=O) groups is 1. The van der Waals surface area contributed by atoms with E-state index in [-0.39, 0.29) is 5.91 Å². The van der Waals surface area contributed by atoms with Crippen molar-refractivity contribution in [2.75, 3.05) is 5.32 Å². The second-order valence-electron chi connectivity index (χ2n) is 6.27. The maximum absolute atomic E-state index is 12.5. The first-order chi connectivity index (χ1) is 12.8. The van der Waals surface area contributed by atoms with E-state index in [1.807, 2.05) is 65.6 Å². The number of anilines is 1. The lowest BCUT2D eigenvalue weighted by Crippen LogP contribution is -2.14. The van der Waals surface area contributed by atoms with Crippen molar-refractivity contribution in [1.82, 2.24) is 14.8 Å². The fourth-order valence-electron chi connectivity index (χ4n) is 3.15. The molecule has 0 saturated heterocycles. The largest absolute Gasteiger partial charge is 0.361 e. The van der Waals surface area contributed by atoms with Crippen molar-refractivity contribution in [3.8, 4) is 0 Å². The molecule has 26 heavy (non-hydrogen) atoms. The smallest absolute Gasteiger partial charge is 0.224 e. The molecule has 2 aromatic heterocycles. The molecule has 0 aliphatic rings. The number of carbonyl (C=O) groups excluding carboxylic acids is 1. The molecular formula is C21H20N4O. The summed E-state index contributed by atoms with van der Waals surface area (Å²) in [5.74, 6) is 0.0168. The number of nitrogens with zero attached hydrogens (tertiary/aromatic N) is 2. The Balaban J connectivity index is 1.42. The molecule has 5 heteroatoms. The first kappa shape index (κ1) is 16.1. The number of hydrogen-bond donors (Lipinski definition) is 2. The second-order valence-corrected chi connectivity index (χ2v) is 6.27. The van der Waals surface area contributed by atoms with Gasteiger partial charge in [-0.3, -0.25) is 9.48 Å². The van der Waals surface area contributed by atoms with Gasteiger partial charge in [-0.1, -0.05) is 36.4 Å². The van der Waals surface area contributed by atoms with E-state index in [1.165, 1.54) is 10.9 Å². The molecule has 130 valence electrons. The highest BCUT2D eigenvalue weighted by atomic mass is 16.1. The lowest BCUT2D eigenvalue weighted by Gasteiger charge is -2.11. The number of amides is 1. The standard InChI is InChI=1S/C21H20N4O/c26-21(11-10-16-14-22-20-9-4-2-7-18(16)20)24-19-8-3-1-6-17(19)15-25-13-5-12-23-25/h1-9,12-14,22H,10-11,15H2,(H,24,26). The molecule has 0 radical (unpaired) electrons. The van der Waals surface area contributed by atoms with Crippen molar-refractivity contribution >= 4 is 22.5 Å². The summed E-state index contributed by atoms with van der Waals surface area (Å²) in [7, 11) is 0. The quantitative estimate of drug-likeness (QED) is 0.556. The van der Waals surface area contributed by atoms with Crippen LogP contribution in [0.5, 0.6) is 0 Å². The Labute approximate surface area is 151 Å². The van der Waals surface area contributed by atoms with Crippen LogP contribution in [0, 0.1) is 0 Å². The van der Waals surface area contributed by atoms with Crippen LogP contribution in [0.4, 0.5) is 5.69 Å². The van der Waals surface area contributed by atoms with E-state index < -0.39 is 0 Å². The molecule has 4 rings (SSSR count). The molecule has 0 fully saturated rings. The minimum Gasteiger partial charge on any atom is -0.361 e. The Kier molecular flexibility index (Phi) is 4.51. The zero-order chi connectivity index (χ0) is 17.8. The molecule has 0 unspecified atom stereocenters.